The van der Waals surface area contributed by atoms with E-state index in [-0.39, 0.29) is 30.5 Å². The van der Waals surface area contributed by atoms with E-state index in [1.165, 1.54) is 0 Å². The van der Waals surface area contributed by atoms with Crippen LogP contribution < -0.4 is 5.32 Å². The highest BCUT2D eigenvalue weighted by atomic mass is 16.5. The second-order valence-corrected chi connectivity index (χ2v) is 6.86. The third kappa shape index (κ3) is 3.83. The molecule has 1 aromatic rings. The highest BCUT2D eigenvalue weighted by Crippen LogP contribution is 2.25. The van der Waals surface area contributed by atoms with Crippen molar-refractivity contribution in [1.82, 2.24) is 10.1 Å². The number of nitrogens with zero attached hydrogens (tertiary/aromatic N) is 2. The van der Waals surface area contributed by atoms with E-state index in [2.05, 4.69) is 17.4 Å². The van der Waals surface area contributed by atoms with Crippen LogP contribution in [0.15, 0.2) is 10.6 Å². The number of rotatable bonds is 4. The van der Waals surface area contributed by atoms with Crippen molar-refractivity contribution in [1.29, 1.82) is 0 Å². The molecule has 0 aliphatic carbocycles. The van der Waals surface area contributed by atoms with Gasteiger partial charge in [-0.15, -0.1) is 0 Å². The van der Waals surface area contributed by atoms with Crippen molar-refractivity contribution in [3.05, 3.63) is 11.8 Å². The normalized spacial score (nSPS) is 23.5. The fraction of sp³-hybridized carbons (Fsp3) is 0.733. The van der Waals surface area contributed by atoms with Gasteiger partial charge in [0.2, 0.25) is 11.8 Å². The van der Waals surface area contributed by atoms with Gasteiger partial charge in [-0.25, -0.2) is 0 Å². The van der Waals surface area contributed by atoms with Crippen molar-refractivity contribution in [2.45, 2.75) is 45.6 Å². The average Bonchev–Trinajstić information content (AvgIpc) is 2.96. The molecular weight excluding hydrogens is 270 g/mol. The van der Waals surface area contributed by atoms with Gasteiger partial charge >= 0.3 is 0 Å². The lowest BCUT2D eigenvalue weighted by Crippen LogP contribution is -2.40. The Labute approximate surface area is 125 Å². The van der Waals surface area contributed by atoms with Crippen LogP contribution in [0.3, 0.4) is 0 Å². The number of carbonyl (C=O) groups excluding carboxylic acids is 1. The maximum absolute atomic E-state index is 12.1. The first-order valence-corrected chi connectivity index (χ1v) is 7.43. The molecule has 0 bridgehead atoms. The molecular formula is C15H25N3O3. The summed E-state index contributed by atoms with van der Waals surface area (Å²) in [5.74, 6) is 0.650. The van der Waals surface area contributed by atoms with Gasteiger partial charge in [0.15, 0.2) is 0 Å². The van der Waals surface area contributed by atoms with E-state index in [1.807, 2.05) is 25.7 Å². The topological polar surface area (TPSA) is 78.6 Å². The minimum atomic E-state index is -0.140. The highest BCUT2D eigenvalue weighted by molar-refractivity contribution is 5.91. The zero-order valence-corrected chi connectivity index (χ0v) is 13.2. The highest BCUT2D eigenvalue weighted by Gasteiger charge is 2.31. The summed E-state index contributed by atoms with van der Waals surface area (Å²) >= 11 is 0. The second kappa shape index (κ2) is 6.15. The van der Waals surface area contributed by atoms with E-state index >= 15 is 0 Å². The van der Waals surface area contributed by atoms with Crippen molar-refractivity contribution in [3.63, 3.8) is 0 Å². The Balaban J connectivity index is 1.92. The number of nitrogens with one attached hydrogen (secondary N) is 1. The molecule has 2 N–H and O–H groups in total. The Morgan fingerprint density at radius 2 is 2.29 bits per heavy atom. The van der Waals surface area contributed by atoms with Gasteiger partial charge in [-0.3, -0.25) is 15.0 Å². The van der Waals surface area contributed by atoms with Gasteiger partial charge < -0.3 is 9.63 Å². The maximum atomic E-state index is 12.1. The largest absolute Gasteiger partial charge is 0.395 e. The van der Waals surface area contributed by atoms with E-state index in [4.69, 9.17) is 4.52 Å². The van der Waals surface area contributed by atoms with Gasteiger partial charge in [0.05, 0.1) is 18.8 Å². The van der Waals surface area contributed by atoms with E-state index in [0.29, 0.717) is 11.8 Å². The summed E-state index contributed by atoms with van der Waals surface area (Å²) in [7, 11) is 0. The molecule has 0 saturated carbocycles. The molecule has 2 heterocycles. The monoisotopic (exact) mass is 295 g/mol. The van der Waals surface area contributed by atoms with Crippen LogP contribution in [-0.4, -0.2) is 46.8 Å². The van der Waals surface area contributed by atoms with Crippen molar-refractivity contribution in [2.75, 3.05) is 25.0 Å². The molecule has 1 saturated heterocycles. The lowest BCUT2D eigenvalue weighted by molar-refractivity contribution is -0.117. The third-order valence-electron chi connectivity index (χ3n) is 4.07. The number of hydrogen-bond donors (Lipinski definition) is 2. The lowest BCUT2D eigenvalue weighted by Gasteiger charge is -2.23. The number of anilines is 1. The molecule has 118 valence electrons. The SMILES string of the molecule is CC1CCN(CC(=O)Nc2cc(C(C)(C)C)no2)C1CO. The van der Waals surface area contributed by atoms with Gasteiger partial charge in [0.25, 0.3) is 0 Å². The third-order valence-corrected chi connectivity index (χ3v) is 4.07. The average molecular weight is 295 g/mol. The van der Waals surface area contributed by atoms with Gasteiger partial charge in [0.1, 0.15) is 0 Å². The zero-order chi connectivity index (χ0) is 15.6. The molecule has 21 heavy (non-hydrogen) atoms. The van der Waals surface area contributed by atoms with Crippen molar-refractivity contribution < 1.29 is 14.4 Å². The van der Waals surface area contributed by atoms with Crippen molar-refractivity contribution >= 4 is 11.8 Å². The van der Waals surface area contributed by atoms with Crippen LogP contribution in [0.4, 0.5) is 5.88 Å². The second-order valence-electron chi connectivity index (χ2n) is 6.86. The molecule has 2 unspecified atom stereocenters. The summed E-state index contributed by atoms with van der Waals surface area (Å²) in [5.41, 5.74) is 0.694. The van der Waals surface area contributed by atoms with E-state index < -0.39 is 0 Å². The first kappa shape index (κ1) is 16.0. The summed E-state index contributed by atoms with van der Waals surface area (Å²) in [6, 6.07) is 1.82. The first-order chi connectivity index (χ1) is 9.81. The number of hydrogen-bond acceptors (Lipinski definition) is 5. The van der Waals surface area contributed by atoms with Crippen LogP contribution in [0.25, 0.3) is 0 Å². The Hall–Kier alpha value is -1.40. The number of likely N-dealkylation sites (tertiary alicyclic amines) is 1. The fourth-order valence-electron chi connectivity index (χ4n) is 2.63. The van der Waals surface area contributed by atoms with Gasteiger partial charge in [-0.2, -0.15) is 0 Å². The molecule has 1 fully saturated rings. The number of aromatic nitrogens is 1. The van der Waals surface area contributed by atoms with E-state index in [9.17, 15) is 9.90 Å². The zero-order valence-electron chi connectivity index (χ0n) is 13.2. The number of carbonyl (C=O) groups is 1. The summed E-state index contributed by atoms with van der Waals surface area (Å²) in [4.78, 5) is 14.1. The Kier molecular flexibility index (Phi) is 4.68. The number of amides is 1. The van der Waals surface area contributed by atoms with Gasteiger partial charge in [-0.1, -0.05) is 32.9 Å². The summed E-state index contributed by atoms with van der Waals surface area (Å²) in [5, 5.41) is 16.1. The smallest absolute Gasteiger partial charge is 0.240 e. The predicted octanol–water partition coefficient (Wildman–Crippen LogP) is 1.61. The van der Waals surface area contributed by atoms with Crippen LogP contribution >= 0.6 is 0 Å². The minimum absolute atomic E-state index is 0.0654. The number of aliphatic hydroxyl groups is 1. The molecule has 1 aliphatic rings. The quantitative estimate of drug-likeness (QED) is 0.882. The van der Waals surface area contributed by atoms with Crippen LogP contribution in [0, 0.1) is 5.92 Å². The molecule has 0 radical (unpaired) electrons. The molecule has 1 aromatic heterocycles. The minimum Gasteiger partial charge on any atom is -0.395 e. The molecule has 6 nitrogen and oxygen atoms in total. The van der Waals surface area contributed by atoms with Crippen molar-refractivity contribution in [2.24, 2.45) is 5.92 Å². The molecule has 0 spiro atoms. The molecule has 1 amide bonds. The molecule has 2 rings (SSSR count). The lowest BCUT2D eigenvalue weighted by atomic mass is 9.92. The van der Waals surface area contributed by atoms with Crippen LogP contribution in [0.1, 0.15) is 39.8 Å². The summed E-state index contributed by atoms with van der Waals surface area (Å²) < 4.78 is 5.15. The first-order valence-electron chi connectivity index (χ1n) is 7.43. The van der Waals surface area contributed by atoms with Crippen LogP contribution in [0.5, 0.6) is 0 Å². The standard InChI is InChI=1S/C15H25N3O3/c1-10-5-6-18(11(10)9-19)8-13(20)16-14-7-12(17-21-14)15(2,3)4/h7,10-11,19H,5-6,8-9H2,1-4H3,(H,16,20). The molecule has 1 aliphatic heterocycles. The molecule has 2 atom stereocenters. The Bertz CT molecular complexity index is 493. The van der Waals surface area contributed by atoms with Crippen LogP contribution in [-0.2, 0) is 10.2 Å². The molecule has 0 aromatic carbocycles. The van der Waals surface area contributed by atoms with E-state index in [0.717, 1.165) is 18.7 Å². The summed E-state index contributed by atoms with van der Waals surface area (Å²) in [6.07, 6.45) is 1.01. The van der Waals surface area contributed by atoms with Crippen molar-refractivity contribution in [3.8, 4) is 0 Å². The van der Waals surface area contributed by atoms with Crippen LogP contribution in [0.2, 0.25) is 0 Å². The maximum Gasteiger partial charge on any atom is 0.240 e. The van der Waals surface area contributed by atoms with Gasteiger partial charge in [-0.05, 0) is 18.9 Å². The summed E-state index contributed by atoms with van der Waals surface area (Å²) in [6.45, 7) is 9.40. The molecule has 6 heteroatoms. The van der Waals surface area contributed by atoms with Gasteiger partial charge in [0, 0.05) is 17.5 Å². The number of aliphatic hydroxyl groups excluding tert-OH is 1. The Morgan fingerprint density at radius 1 is 1.57 bits per heavy atom. The predicted molar refractivity (Wildman–Crippen MR) is 80.1 cm³/mol. The van der Waals surface area contributed by atoms with E-state index in [1.54, 1.807) is 6.07 Å². The Morgan fingerprint density at radius 3 is 2.86 bits per heavy atom. The fourth-order valence-corrected chi connectivity index (χ4v) is 2.63.